The lowest BCUT2D eigenvalue weighted by atomic mass is 10.1. The number of hydrogen-bond donors (Lipinski definition) is 2. The second kappa shape index (κ2) is 7.06. The maximum atomic E-state index is 12.4. The van der Waals surface area contributed by atoms with Crippen molar-refractivity contribution in [3.8, 4) is 0 Å². The van der Waals surface area contributed by atoms with Gasteiger partial charge >= 0.3 is 0 Å². The van der Waals surface area contributed by atoms with Crippen LogP contribution in [0.15, 0.2) is 40.6 Å². The van der Waals surface area contributed by atoms with E-state index >= 15 is 0 Å². The average Bonchev–Trinajstić information content (AvgIpc) is 2.94. The van der Waals surface area contributed by atoms with Crippen molar-refractivity contribution in [2.75, 3.05) is 11.3 Å². The lowest BCUT2D eigenvalue weighted by Crippen LogP contribution is -2.13. The van der Waals surface area contributed by atoms with Crippen LogP contribution in [0, 0.1) is 0 Å². The zero-order chi connectivity index (χ0) is 15.3. The third kappa shape index (κ3) is 4.30. The first-order valence-electron chi connectivity index (χ1n) is 6.95. The summed E-state index contributed by atoms with van der Waals surface area (Å²) in [6, 6.07) is 9.20. The van der Waals surface area contributed by atoms with E-state index in [4.69, 9.17) is 0 Å². The molecule has 1 aromatic carbocycles. The van der Waals surface area contributed by atoms with Crippen LogP contribution in [0.4, 0.5) is 5.69 Å². The first-order valence-corrected chi connectivity index (χ1v) is 9.31. The van der Waals surface area contributed by atoms with Crippen molar-refractivity contribution in [1.82, 2.24) is 5.32 Å². The van der Waals surface area contributed by atoms with Crippen LogP contribution in [0.2, 0.25) is 0 Å². The van der Waals surface area contributed by atoms with E-state index in [1.54, 1.807) is 17.5 Å². The summed E-state index contributed by atoms with van der Waals surface area (Å²) in [7, 11) is -3.51. The lowest BCUT2D eigenvalue weighted by Gasteiger charge is -2.07. The molecule has 0 spiro atoms. The molecule has 2 N–H and O–H groups in total. The van der Waals surface area contributed by atoms with Crippen molar-refractivity contribution in [3.05, 3.63) is 46.2 Å². The summed E-state index contributed by atoms with van der Waals surface area (Å²) < 4.78 is 27.4. The Kier molecular flexibility index (Phi) is 5.39. The van der Waals surface area contributed by atoms with Crippen molar-refractivity contribution in [3.63, 3.8) is 0 Å². The largest absolute Gasteiger partial charge is 0.312 e. The van der Waals surface area contributed by atoms with Crippen LogP contribution in [0.1, 0.15) is 24.3 Å². The second-order valence-electron chi connectivity index (χ2n) is 4.69. The minimum absolute atomic E-state index is 0.322. The molecule has 0 saturated heterocycles. The molecule has 21 heavy (non-hydrogen) atoms. The highest BCUT2D eigenvalue weighted by atomic mass is 32.2. The maximum absolute atomic E-state index is 12.4. The summed E-state index contributed by atoms with van der Waals surface area (Å²) in [5.74, 6) is 0. The Bertz CT molecular complexity index is 693. The summed E-state index contributed by atoms with van der Waals surface area (Å²) in [6.07, 6.45) is 0.876. The third-order valence-electron chi connectivity index (χ3n) is 3.08. The number of thiophene rings is 1. The van der Waals surface area contributed by atoms with Crippen LogP contribution in [-0.4, -0.2) is 15.0 Å². The molecule has 0 bridgehead atoms. The quantitative estimate of drug-likeness (QED) is 0.822. The van der Waals surface area contributed by atoms with Crippen LogP contribution < -0.4 is 10.0 Å². The molecular weight excluding hydrogens is 304 g/mol. The van der Waals surface area contributed by atoms with Crippen molar-refractivity contribution < 1.29 is 8.42 Å². The van der Waals surface area contributed by atoms with Gasteiger partial charge in [-0.3, -0.25) is 4.72 Å². The number of benzene rings is 1. The fraction of sp³-hybridized carbons (Fsp3) is 0.333. The summed E-state index contributed by atoms with van der Waals surface area (Å²) in [4.78, 5) is 1.34. The number of anilines is 1. The van der Waals surface area contributed by atoms with Crippen LogP contribution in [0.25, 0.3) is 0 Å². The Labute approximate surface area is 130 Å². The van der Waals surface area contributed by atoms with E-state index in [1.807, 2.05) is 32.0 Å². The molecule has 0 radical (unpaired) electrons. The van der Waals surface area contributed by atoms with Gasteiger partial charge in [-0.05, 0) is 36.7 Å². The number of hydrogen-bond acceptors (Lipinski definition) is 4. The smallest absolute Gasteiger partial charge is 0.262 e. The van der Waals surface area contributed by atoms with Gasteiger partial charge in [-0.2, -0.15) is 0 Å². The van der Waals surface area contributed by atoms with E-state index in [-0.39, 0.29) is 0 Å². The molecule has 114 valence electrons. The standard InChI is InChI=1S/C15H20N2O2S2/c1-3-12-6-5-7-13(8-12)17-21(18,19)15-9-14(20-11-15)10-16-4-2/h5-9,11,16-17H,3-4,10H2,1-2H3. The molecule has 0 aliphatic rings. The topological polar surface area (TPSA) is 58.2 Å². The fourth-order valence-corrected chi connectivity index (χ4v) is 4.21. The molecule has 4 nitrogen and oxygen atoms in total. The molecule has 0 aliphatic carbocycles. The van der Waals surface area contributed by atoms with E-state index < -0.39 is 10.0 Å². The van der Waals surface area contributed by atoms with E-state index in [9.17, 15) is 8.42 Å². The molecule has 2 aromatic rings. The fourth-order valence-electron chi connectivity index (χ4n) is 1.91. The normalized spacial score (nSPS) is 11.5. The van der Waals surface area contributed by atoms with Gasteiger partial charge < -0.3 is 5.32 Å². The van der Waals surface area contributed by atoms with Gasteiger partial charge in [0.25, 0.3) is 10.0 Å². The van der Waals surface area contributed by atoms with E-state index in [0.717, 1.165) is 23.4 Å². The van der Waals surface area contributed by atoms with Gasteiger partial charge in [0.15, 0.2) is 0 Å². The summed E-state index contributed by atoms with van der Waals surface area (Å²) in [5.41, 5.74) is 1.71. The van der Waals surface area contributed by atoms with Gasteiger partial charge in [-0.1, -0.05) is 26.0 Å². The Balaban J connectivity index is 2.15. The highest BCUT2D eigenvalue weighted by Crippen LogP contribution is 2.22. The molecule has 0 amide bonds. The third-order valence-corrected chi connectivity index (χ3v) is 5.52. The van der Waals surface area contributed by atoms with Crippen molar-refractivity contribution in [2.24, 2.45) is 0 Å². The van der Waals surface area contributed by atoms with Crippen molar-refractivity contribution >= 4 is 27.0 Å². The number of aryl methyl sites for hydroxylation is 1. The molecular formula is C15H20N2O2S2. The molecule has 0 fully saturated rings. The molecule has 6 heteroatoms. The number of nitrogens with one attached hydrogen (secondary N) is 2. The molecule has 2 rings (SSSR count). The van der Waals surface area contributed by atoms with Gasteiger partial charge in [-0.25, -0.2) is 8.42 Å². The average molecular weight is 324 g/mol. The van der Waals surface area contributed by atoms with Gasteiger partial charge in [0, 0.05) is 22.5 Å². The maximum Gasteiger partial charge on any atom is 0.262 e. The Morgan fingerprint density at radius 1 is 1.19 bits per heavy atom. The summed E-state index contributed by atoms with van der Waals surface area (Å²) >= 11 is 1.45. The minimum atomic E-state index is -3.51. The van der Waals surface area contributed by atoms with Crippen LogP contribution >= 0.6 is 11.3 Å². The molecule has 0 atom stereocenters. The van der Waals surface area contributed by atoms with Crippen LogP contribution in [0.3, 0.4) is 0 Å². The predicted molar refractivity (Wildman–Crippen MR) is 88.3 cm³/mol. The van der Waals surface area contributed by atoms with Gasteiger partial charge in [0.2, 0.25) is 0 Å². The lowest BCUT2D eigenvalue weighted by molar-refractivity contribution is 0.601. The highest BCUT2D eigenvalue weighted by Gasteiger charge is 2.16. The first-order chi connectivity index (χ1) is 10.0. The molecule has 1 aromatic heterocycles. The highest BCUT2D eigenvalue weighted by molar-refractivity contribution is 7.92. The van der Waals surface area contributed by atoms with Gasteiger partial charge in [-0.15, -0.1) is 11.3 Å². The van der Waals surface area contributed by atoms with E-state index in [0.29, 0.717) is 17.1 Å². The van der Waals surface area contributed by atoms with Crippen molar-refractivity contribution in [1.29, 1.82) is 0 Å². The Hall–Kier alpha value is -1.37. The molecule has 0 aliphatic heterocycles. The van der Waals surface area contributed by atoms with Crippen LogP contribution in [-0.2, 0) is 23.0 Å². The second-order valence-corrected chi connectivity index (χ2v) is 7.37. The van der Waals surface area contributed by atoms with Gasteiger partial charge in [0.1, 0.15) is 0 Å². The van der Waals surface area contributed by atoms with Crippen molar-refractivity contribution in [2.45, 2.75) is 31.7 Å². The molecule has 1 heterocycles. The Morgan fingerprint density at radius 3 is 2.71 bits per heavy atom. The monoisotopic (exact) mass is 324 g/mol. The summed E-state index contributed by atoms with van der Waals surface area (Å²) in [6.45, 7) is 5.62. The van der Waals surface area contributed by atoms with E-state index in [1.165, 1.54) is 11.3 Å². The van der Waals surface area contributed by atoms with Crippen LogP contribution in [0.5, 0.6) is 0 Å². The SMILES string of the molecule is CCNCc1cc(S(=O)(=O)Nc2cccc(CC)c2)cs1. The number of sulfonamides is 1. The zero-order valence-corrected chi connectivity index (χ0v) is 13.9. The predicted octanol–water partition coefficient (Wildman–Crippen LogP) is 3.22. The molecule has 0 unspecified atom stereocenters. The van der Waals surface area contributed by atoms with E-state index in [2.05, 4.69) is 10.0 Å². The first kappa shape index (κ1) is 16.0. The minimum Gasteiger partial charge on any atom is -0.312 e. The molecule has 0 saturated carbocycles. The van der Waals surface area contributed by atoms with Gasteiger partial charge in [0.05, 0.1) is 4.90 Å². The summed E-state index contributed by atoms with van der Waals surface area (Å²) in [5, 5.41) is 4.87. The Morgan fingerprint density at radius 2 is 2.00 bits per heavy atom. The zero-order valence-electron chi connectivity index (χ0n) is 12.2. The number of rotatable bonds is 7.